The van der Waals surface area contributed by atoms with Gasteiger partial charge in [-0.05, 0) is 6.42 Å². The number of aliphatic hydroxyl groups is 1. The number of carboxylic acid groups (broad SMARTS) is 1. The molecular weight excluding hydrogens is 257 g/mol. The molecule has 106 valence electrons. The summed E-state index contributed by atoms with van der Waals surface area (Å²) in [6.45, 7) is -0.217. The molecule has 2 amide bonds. The maximum Gasteiger partial charge on any atom is 0.389 e. The molecule has 1 atom stereocenters. The van der Waals surface area contributed by atoms with Gasteiger partial charge in [0.1, 0.15) is 0 Å². The van der Waals surface area contributed by atoms with Crippen LogP contribution in [-0.4, -0.2) is 47.6 Å². The summed E-state index contributed by atoms with van der Waals surface area (Å²) in [6.07, 6.45) is -7.20. The van der Waals surface area contributed by atoms with Gasteiger partial charge in [-0.25, -0.2) is 9.59 Å². The van der Waals surface area contributed by atoms with E-state index in [0.29, 0.717) is 0 Å². The lowest BCUT2D eigenvalue weighted by atomic mass is 10.2. The second-order valence-corrected chi connectivity index (χ2v) is 3.54. The lowest BCUT2D eigenvalue weighted by molar-refractivity contribution is -0.146. The predicted octanol–water partition coefficient (Wildman–Crippen LogP) is 0.464. The van der Waals surface area contributed by atoms with Crippen molar-refractivity contribution in [2.75, 3.05) is 13.1 Å². The molecule has 0 aliphatic heterocycles. The Kier molecular flexibility index (Phi) is 7.10. The number of carboxylic acids is 1. The van der Waals surface area contributed by atoms with Crippen molar-refractivity contribution in [1.29, 1.82) is 0 Å². The van der Waals surface area contributed by atoms with Crippen molar-refractivity contribution in [3.63, 3.8) is 0 Å². The van der Waals surface area contributed by atoms with E-state index in [2.05, 4.69) is 10.6 Å². The smallest absolute Gasteiger partial charge is 0.389 e. The number of hydrogen-bond acceptors (Lipinski definition) is 3. The third-order valence-electron chi connectivity index (χ3n) is 1.91. The average Bonchev–Trinajstić information content (AvgIpc) is 2.22. The molecule has 18 heavy (non-hydrogen) atoms. The Bertz CT molecular complexity index is 283. The number of alkyl halides is 3. The first kappa shape index (κ1) is 16.5. The van der Waals surface area contributed by atoms with E-state index >= 15 is 0 Å². The lowest BCUT2D eigenvalue weighted by Gasteiger charge is -2.09. The molecule has 0 aromatic rings. The zero-order valence-electron chi connectivity index (χ0n) is 9.46. The SMILES string of the molecule is O=C(NCCCC(F)(F)F)NCCC(O)C(=O)O. The largest absolute Gasteiger partial charge is 0.479 e. The van der Waals surface area contributed by atoms with Crippen molar-refractivity contribution in [3.8, 4) is 0 Å². The molecule has 0 spiro atoms. The Morgan fingerprint density at radius 1 is 1.17 bits per heavy atom. The summed E-state index contributed by atoms with van der Waals surface area (Å²) in [6, 6.07) is -0.699. The third kappa shape index (κ3) is 9.70. The standard InChI is InChI=1S/C9H15F3N2O4/c10-9(11,12)3-1-4-13-8(18)14-5-2-6(15)7(16)17/h6,15H,1-5H2,(H,16,17)(H2,13,14,18). The summed E-state index contributed by atoms with van der Waals surface area (Å²) in [4.78, 5) is 21.2. The molecule has 0 rings (SSSR count). The minimum atomic E-state index is -4.25. The number of hydrogen-bond donors (Lipinski definition) is 4. The first-order valence-electron chi connectivity index (χ1n) is 5.21. The van der Waals surface area contributed by atoms with Crippen LogP contribution < -0.4 is 10.6 Å². The van der Waals surface area contributed by atoms with E-state index in [1.54, 1.807) is 0 Å². The highest BCUT2D eigenvalue weighted by Crippen LogP contribution is 2.20. The highest BCUT2D eigenvalue weighted by Gasteiger charge is 2.25. The van der Waals surface area contributed by atoms with E-state index in [4.69, 9.17) is 10.2 Å². The molecule has 0 saturated heterocycles. The molecule has 0 aliphatic rings. The fourth-order valence-corrected chi connectivity index (χ4v) is 0.999. The molecule has 0 aliphatic carbocycles. The van der Waals surface area contributed by atoms with E-state index in [9.17, 15) is 22.8 Å². The maximum atomic E-state index is 11.7. The van der Waals surface area contributed by atoms with E-state index in [1.165, 1.54) is 0 Å². The van der Waals surface area contributed by atoms with Crippen molar-refractivity contribution in [2.24, 2.45) is 0 Å². The van der Waals surface area contributed by atoms with Gasteiger partial charge in [0.05, 0.1) is 0 Å². The second kappa shape index (κ2) is 7.75. The minimum Gasteiger partial charge on any atom is -0.479 e. The number of rotatable bonds is 7. The normalized spacial score (nSPS) is 12.9. The Labute approximate surface area is 101 Å². The van der Waals surface area contributed by atoms with Gasteiger partial charge in [0.25, 0.3) is 0 Å². The highest BCUT2D eigenvalue weighted by atomic mass is 19.4. The Morgan fingerprint density at radius 2 is 1.72 bits per heavy atom. The summed E-state index contributed by atoms with van der Waals surface area (Å²) in [5.41, 5.74) is 0. The van der Waals surface area contributed by atoms with Crippen LogP contribution in [0.25, 0.3) is 0 Å². The molecular formula is C9H15F3N2O4. The van der Waals surface area contributed by atoms with Gasteiger partial charge in [-0.1, -0.05) is 0 Å². The van der Waals surface area contributed by atoms with Crippen molar-refractivity contribution < 1.29 is 33.0 Å². The Morgan fingerprint density at radius 3 is 2.22 bits per heavy atom. The fraction of sp³-hybridized carbons (Fsp3) is 0.778. The molecule has 0 bridgehead atoms. The molecule has 0 aromatic heterocycles. The van der Waals surface area contributed by atoms with Crippen LogP contribution in [0.3, 0.4) is 0 Å². The van der Waals surface area contributed by atoms with Crippen molar-refractivity contribution in [3.05, 3.63) is 0 Å². The molecule has 0 aromatic carbocycles. The van der Waals surface area contributed by atoms with Gasteiger partial charge in [-0.2, -0.15) is 13.2 Å². The average molecular weight is 272 g/mol. The molecule has 0 saturated carbocycles. The third-order valence-corrected chi connectivity index (χ3v) is 1.91. The van der Waals surface area contributed by atoms with E-state index < -0.39 is 30.7 Å². The van der Waals surface area contributed by atoms with Crippen molar-refractivity contribution >= 4 is 12.0 Å². The van der Waals surface area contributed by atoms with Gasteiger partial charge in [0.15, 0.2) is 6.10 Å². The van der Waals surface area contributed by atoms with Crippen LogP contribution in [0.15, 0.2) is 0 Å². The van der Waals surface area contributed by atoms with Gasteiger partial charge < -0.3 is 20.8 Å². The first-order chi connectivity index (χ1) is 8.22. The zero-order chi connectivity index (χ0) is 14.2. The molecule has 1 unspecified atom stereocenters. The summed E-state index contributed by atoms with van der Waals surface area (Å²) >= 11 is 0. The van der Waals surface area contributed by atoms with Crippen LogP contribution in [0, 0.1) is 0 Å². The number of halogens is 3. The first-order valence-corrected chi connectivity index (χ1v) is 5.21. The van der Waals surface area contributed by atoms with Crippen LogP contribution in [0.2, 0.25) is 0 Å². The molecule has 4 N–H and O–H groups in total. The Hall–Kier alpha value is -1.51. The molecule has 0 heterocycles. The van der Waals surface area contributed by atoms with Crippen LogP contribution in [0.5, 0.6) is 0 Å². The second-order valence-electron chi connectivity index (χ2n) is 3.54. The van der Waals surface area contributed by atoms with Gasteiger partial charge in [-0.3, -0.25) is 0 Å². The monoisotopic (exact) mass is 272 g/mol. The van der Waals surface area contributed by atoms with Gasteiger partial charge in [0, 0.05) is 25.9 Å². The summed E-state index contributed by atoms with van der Waals surface area (Å²) in [5, 5.41) is 21.5. The quantitative estimate of drug-likeness (QED) is 0.506. The van der Waals surface area contributed by atoms with E-state index in [-0.39, 0.29) is 25.9 Å². The van der Waals surface area contributed by atoms with E-state index in [0.717, 1.165) is 0 Å². The maximum absolute atomic E-state index is 11.7. The highest BCUT2D eigenvalue weighted by molar-refractivity contribution is 5.74. The number of aliphatic carboxylic acids is 1. The number of nitrogens with one attached hydrogen (secondary N) is 2. The lowest BCUT2D eigenvalue weighted by Crippen LogP contribution is -2.38. The number of aliphatic hydroxyl groups excluding tert-OH is 1. The summed E-state index contributed by atoms with van der Waals surface area (Å²) in [7, 11) is 0. The topological polar surface area (TPSA) is 98.7 Å². The number of amides is 2. The van der Waals surface area contributed by atoms with Gasteiger partial charge in [0.2, 0.25) is 0 Å². The van der Waals surface area contributed by atoms with E-state index in [1.807, 2.05) is 0 Å². The van der Waals surface area contributed by atoms with Crippen molar-refractivity contribution in [1.82, 2.24) is 10.6 Å². The summed E-state index contributed by atoms with van der Waals surface area (Å²) < 4.78 is 35.2. The predicted molar refractivity (Wildman–Crippen MR) is 55.0 cm³/mol. The van der Waals surface area contributed by atoms with Crippen LogP contribution in [-0.2, 0) is 4.79 Å². The minimum absolute atomic E-state index is 0.0848. The number of carbonyl (C=O) groups excluding carboxylic acids is 1. The summed E-state index contributed by atoms with van der Waals surface area (Å²) in [5.74, 6) is -1.40. The zero-order valence-corrected chi connectivity index (χ0v) is 9.46. The Balaban J connectivity index is 3.52. The fourth-order valence-electron chi connectivity index (χ4n) is 0.999. The molecule has 6 nitrogen and oxygen atoms in total. The van der Waals surface area contributed by atoms with Crippen molar-refractivity contribution in [2.45, 2.75) is 31.5 Å². The molecule has 9 heteroatoms. The number of carbonyl (C=O) groups is 2. The van der Waals surface area contributed by atoms with Crippen LogP contribution in [0.1, 0.15) is 19.3 Å². The molecule has 0 radical (unpaired) electrons. The molecule has 0 fully saturated rings. The van der Waals surface area contributed by atoms with Gasteiger partial charge >= 0.3 is 18.2 Å². The van der Waals surface area contributed by atoms with Crippen LogP contribution >= 0.6 is 0 Å². The van der Waals surface area contributed by atoms with Gasteiger partial charge in [-0.15, -0.1) is 0 Å². The number of urea groups is 1. The van der Waals surface area contributed by atoms with Crippen LogP contribution in [0.4, 0.5) is 18.0 Å².